The number of pyridine rings is 1. The molecule has 1 N–H and O–H groups in total. The van der Waals surface area contributed by atoms with Gasteiger partial charge in [0, 0.05) is 49.9 Å². The van der Waals surface area contributed by atoms with E-state index in [1.54, 1.807) is 6.33 Å². The van der Waals surface area contributed by atoms with E-state index in [1.165, 1.54) is 11.1 Å². The Bertz CT molecular complexity index is 1720. The topological polar surface area (TPSA) is 111 Å². The van der Waals surface area contributed by atoms with Crippen LogP contribution in [0, 0.1) is 5.92 Å². The SMILES string of the molecule is CCOc1cc2c(cc1OCC)[C@]1(CC[C@@H](C(=O)N3CCN(c4ncnc5c4cnn5Cc4cccc(CC)n4)CC3)CC1)NCC2. The molecule has 11 heteroatoms. The fourth-order valence-electron chi connectivity index (χ4n) is 7.74. The Morgan fingerprint density at radius 3 is 2.47 bits per heavy atom. The smallest absolute Gasteiger partial charge is 0.225 e. The standard InChI is InChI=1S/C36H46N8O3/c1-4-27-8-7-9-28(41-27)23-44-34-29(22-40-44)33(37-24-38-34)42-16-18-43(19-17-42)35(45)25-10-13-36(14-11-25)30-21-32(47-6-3)31(46-5-2)20-26(30)12-15-39-36/h7-9,20-22,24-25,39H,4-6,10-19,23H2,1-3H3/t25-,36-. The van der Waals surface area contributed by atoms with E-state index in [0.29, 0.717) is 38.8 Å². The Morgan fingerprint density at radius 2 is 1.72 bits per heavy atom. The molecule has 0 bridgehead atoms. The third-order valence-electron chi connectivity index (χ3n) is 10.2. The van der Waals surface area contributed by atoms with Crippen LogP contribution in [0.15, 0.2) is 42.9 Å². The predicted octanol–water partition coefficient (Wildman–Crippen LogP) is 4.51. The summed E-state index contributed by atoms with van der Waals surface area (Å²) in [6.07, 6.45) is 8.99. The second kappa shape index (κ2) is 13.5. The van der Waals surface area contributed by atoms with Gasteiger partial charge in [0.05, 0.1) is 37.0 Å². The number of anilines is 1. The van der Waals surface area contributed by atoms with Crippen LogP contribution in [0.2, 0.25) is 0 Å². The first kappa shape index (κ1) is 31.4. The molecule has 11 nitrogen and oxygen atoms in total. The zero-order chi connectivity index (χ0) is 32.4. The fourth-order valence-corrected chi connectivity index (χ4v) is 7.74. The average Bonchev–Trinajstić information content (AvgIpc) is 3.52. The monoisotopic (exact) mass is 638 g/mol. The summed E-state index contributed by atoms with van der Waals surface area (Å²) in [5.41, 5.74) is 5.37. The van der Waals surface area contributed by atoms with E-state index in [4.69, 9.17) is 14.5 Å². The molecule has 248 valence electrons. The number of hydrogen-bond donors (Lipinski definition) is 1. The summed E-state index contributed by atoms with van der Waals surface area (Å²) in [6.45, 7) is 11.7. The normalized spacial score (nSPS) is 21.2. The van der Waals surface area contributed by atoms with E-state index >= 15 is 0 Å². The van der Waals surface area contributed by atoms with Gasteiger partial charge in [0.25, 0.3) is 0 Å². The van der Waals surface area contributed by atoms with E-state index in [9.17, 15) is 4.79 Å². The molecule has 1 amide bonds. The van der Waals surface area contributed by atoms with Crippen LogP contribution in [0.4, 0.5) is 5.82 Å². The summed E-state index contributed by atoms with van der Waals surface area (Å²) in [5.74, 6) is 2.88. The summed E-state index contributed by atoms with van der Waals surface area (Å²) in [6, 6.07) is 10.5. The average molecular weight is 639 g/mol. The lowest BCUT2D eigenvalue weighted by Gasteiger charge is -2.46. The lowest BCUT2D eigenvalue weighted by atomic mass is 9.69. The van der Waals surface area contributed by atoms with Gasteiger partial charge < -0.3 is 24.6 Å². The number of benzene rings is 1. The molecule has 1 saturated carbocycles. The molecule has 4 aromatic rings. The van der Waals surface area contributed by atoms with Gasteiger partial charge in [0.2, 0.25) is 5.91 Å². The van der Waals surface area contributed by atoms with Crippen LogP contribution in [-0.4, -0.2) is 81.5 Å². The Labute approximate surface area is 276 Å². The number of aryl methyl sites for hydroxylation is 1. The highest BCUT2D eigenvalue weighted by atomic mass is 16.5. The summed E-state index contributed by atoms with van der Waals surface area (Å²) in [7, 11) is 0. The summed E-state index contributed by atoms with van der Waals surface area (Å²) in [5, 5.41) is 9.43. The Balaban J connectivity index is 0.990. The maximum atomic E-state index is 13.8. The molecule has 3 aromatic heterocycles. The molecule has 5 heterocycles. The van der Waals surface area contributed by atoms with Gasteiger partial charge in [-0.3, -0.25) is 9.78 Å². The predicted molar refractivity (Wildman–Crippen MR) is 181 cm³/mol. The number of piperazine rings is 1. The van der Waals surface area contributed by atoms with Crippen molar-refractivity contribution in [1.29, 1.82) is 0 Å². The van der Waals surface area contributed by atoms with E-state index < -0.39 is 0 Å². The van der Waals surface area contributed by atoms with Crippen molar-refractivity contribution in [3.63, 3.8) is 0 Å². The molecule has 1 spiro atoms. The number of rotatable bonds is 9. The van der Waals surface area contributed by atoms with Crippen molar-refractivity contribution < 1.29 is 14.3 Å². The first-order valence-corrected chi connectivity index (χ1v) is 17.3. The highest BCUT2D eigenvalue weighted by molar-refractivity contribution is 5.87. The fraction of sp³-hybridized carbons (Fsp3) is 0.528. The molecule has 2 fully saturated rings. The third-order valence-corrected chi connectivity index (χ3v) is 10.2. The number of ether oxygens (including phenoxy) is 2. The lowest BCUT2D eigenvalue weighted by Crippen LogP contribution is -2.53. The van der Waals surface area contributed by atoms with Crippen LogP contribution in [0.1, 0.15) is 69.0 Å². The second-order valence-corrected chi connectivity index (χ2v) is 12.9. The van der Waals surface area contributed by atoms with E-state index in [1.807, 2.05) is 42.9 Å². The molecule has 0 atom stereocenters. The second-order valence-electron chi connectivity index (χ2n) is 12.9. The number of hydrogen-bond acceptors (Lipinski definition) is 9. The van der Waals surface area contributed by atoms with Crippen molar-refractivity contribution in [1.82, 2.24) is 34.9 Å². The number of carbonyl (C=O) groups is 1. The van der Waals surface area contributed by atoms with Crippen molar-refractivity contribution in [3.8, 4) is 11.5 Å². The van der Waals surface area contributed by atoms with E-state index in [2.05, 4.69) is 49.2 Å². The van der Waals surface area contributed by atoms with Gasteiger partial charge in [-0.05, 0) is 87.8 Å². The van der Waals surface area contributed by atoms with Gasteiger partial charge in [0.15, 0.2) is 17.1 Å². The van der Waals surface area contributed by atoms with E-state index in [-0.39, 0.29) is 11.5 Å². The summed E-state index contributed by atoms with van der Waals surface area (Å²) in [4.78, 5) is 32.1. The molecule has 2 aliphatic heterocycles. The highest BCUT2D eigenvalue weighted by Gasteiger charge is 2.43. The Morgan fingerprint density at radius 1 is 0.979 bits per heavy atom. The minimum absolute atomic E-state index is 0.0530. The first-order chi connectivity index (χ1) is 23.0. The highest BCUT2D eigenvalue weighted by Crippen LogP contribution is 2.46. The van der Waals surface area contributed by atoms with Crippen LogP contribution in [0.3, 0.4) is 0 Å². The zero-order valence-electron chi connectivity index (χ0n) is 27.9. The summed E-state index contributed by atoms with van der Waals surface area (Å²) < 4.78 is 13.8. The Hall–Kier alpha value is -4.25. The van der Waals surface area contributed by atoms with Gasteiger partial charge in [-0.15, -0.1) is 0 Å². The minimum atomic E-state index is -0.114. The van der Waals surface area contributed by atoms with Crippen molar-refractivity contribution in [3.05, 3.63) is 65.4 Å². The first-order valence-electron chi connectivity index (χ1n) is 17.3. The molecule has 0 radical (unpaired) electrons. The molecule has 3 aliphatic rings. The number of nitrogens with zero attached hydrogens (tertiary/aromatic N) is 7. The maximum absolute atomic E-state index is 13.8. The molecule has 47 heavy (non-hydrogen) atoms. The molecular formula is C36H46N8O3. The van der Waals surface area contributed by atoms with Gasteiger partial charge in [0.1, 0.15) is 12.1 Å². The number of carbonyl (C=O) groups excluding carboxylic acids is 1. The van der Waals surface area contributed by atoms with Crippen LogP contribution >= 0.6 is 0 Å². The molecule has 0 unspecified atom stereocenters. The number of nitrogens with one attached hydrogen (secondary N) is 1. The Kier molecular flexibility index (Phi) is 8.98. The van der Waals surface area contributed by atoms with Crippen LogP contribution in [0.25, 0.3) is 11.0 Å². The van der Waals surface area contributed by atoms with Gasteiger partial charge in [-0.25, -0.2) is 14.6 Å². The van der Waals surface area contributed by atoms with Gasteiger partial charge in [-0.1, -0.05) is 13.0 Å². The van der Waals surface area contributed by atoms with Crippen LogP contribution < -0.4 is 19.7 Å². The quantitative estimate of drug-likeness (QED) is 0.283. The molecular weight excluding hydrogens is 592 g/mol. The number of fused-ring (bicyclic) bond motifs is 3. The lowest BCUT2D eigenvalue weighted by molar-refractivity contribution is -0.137. The van der Waals surface area contributed by atoms with Gasteiger partial charge >= 0.3 is 0 Å². The van der Waals surface area contributed by atoms with E-state index in [0.717, 1.165) is 97.9 Å². The van der Waals surface area contributed by atoms with Crippen LogP contribution in [-0.2, 0) is 29.7 Å². The maximum Gasteiger partial charge on any atom is 0.225 e. The minimum Gasteiger partial charge on any atom is -0.490 e. The third kappa shape index (κ3) is 6.13. The van der Waals surface area contributed by atoms with Crippen molar-refractivity contribution in [2.75, 3.05) is 50.8 Å². The largest absolute Gasteiger partial charge is 0.490 e. The molecule has 1 aromatic carbocycles. The number of aromatic nitrogens is 5. The zero-order valence-corrected chi connectivity index (χ0v) is 27.9. The van der Waals surface area contributed by atoms with Crippen molar-refractivity contribution >= 4 is 22.8 Å². The molecule has 1 saturated heterocycles. The van der Waals surface area contributed by atoms with Crippen LogP contribution in [0.5, 0.6) is 11.5 Å². The molecule has 7 rings (SSSR count). The molecule has 1 aliphatic carbocycles. The van der Waals surface area contributed by atoms with Crippen molar-refractivity contribution in [2.45, 2.75) is 71.4 Å². The summed E-state index contributed by atoms with van der Waals surface area (Å²) >= 11 is 0. The van der Waals surface area contributed by atoms with Crippen molar-refractivity contribution in [2.24, 2.45) is 5.92 Å². The van der Waals surface area contributed by atoms with Gasteiger partial charge in [-0.2, -0.15) is 5.10 Å². The number of amides is 1.